The molecule has 29 heavy (non-hydrogen) atoms. The number of nitrogens with one attached hydrogen (secondary N) is 2. The summed E-state index contributed by atoms with van der Waals surface area (Å²) in [5, 5.41) is 30.7. The summed E-state index contributed by atoms with van der Waals surface area (Å²) in [6.45, 7) is -0.584. The predicted octanol–water partition coefficient (Wildman–Crippen LogP) is 3.80. The van der Waals surface area contributed by atoms with Crippen molar-refractivity contribution < 1.29 is 32.6 Å². The smallest absolute Gasteiger partial charge is 0.416 e. The van der Waals surface area contributed by atoms with Crippen LogP contribution in [-0.4, -0.2) is 33.1 Å². The Labute approximate surface area is 162 Å². The van der Waals surface area contributed by atoms with E-state index in [1.807, 2.05) is 5.32 Å². The monoisotopic (exact) mass is 408 g/mol. The van der Waals surface area contributed by atoms with Crippen molar-refractivity contribution in [2.45, 2.75) is 12.2 Å². The number of carbonyl (C=O) groups is 1. The molecule has 0 saturated carbocycles. The van der Waals surface area contributed by atoms with Crippen molar-refractivity contribution >= 4 is 17.5 Å². The van der Waals surface area contributed by atoms with Gasteiger partial charge in [0.2, 0.25) is 11.8 Å². The zero-order valence-corrected chi connectivity index (χ0v) is 14.6. The quantitative estimate of drug-likeness (QED) is 0.490. The summed E-state index contributed by atoms with van der Waals surface area (Å²) in [6, 6.07) is 10.1. The van der Waals surface area contributed by atoms with Gasteiger partial charge in [-0.3, -0.25) is 0 Å². The molecule has 0 spiro atoms. The van der Waals surface area contributed by atoms with E-state index in [-0.39, 0.29) is 11.8 Å². The van der Waals surface area contributed by atoms with Gasteiger partial charge >= 0.3 is 12.3 Å². The number of rotatable bonds is 6. The summed E-state index contributed by atoms with van der Waals surface area (Å²) in [6.07, 6.45) is -5.79. The summed E-state index contributed by atoms with van der Waals surface area (Å²) in [5.41, 5.74) is 0.567. The van der Waals surface area contributed by atoms with Crippen LogP contribution in [0.15, 0.2) is 52.9 Å². The van der Waals surface area contributed by atoms with Gasteiger partial charge in [0.05, 0.1) is 23.4 Å². The van der Waals surface area contributed by atoms with Crippen LogP contribution >= 0.6 is 0 Å². The van der Waals surface area contributed by atoms with Gasteiger partial charge in [-0.2, -0.15) is 13.2 Å². The molecule has 2 aromatic carbocycles. The highest BCUT2D eigenvalue weighted by Gasteiger charge is 2.30. The summed E-state index contributed by atoms with van der Waals surface area (Å²) < 4.78 is 43.6. The van der Waals surface area contributed by atoms with Crippen molar-refractivity contribution in [1.29, 1.82) is 0 Å². The lowest BCUT2D eigenvalue weighted by molar-refractivity contribution is -0.137. The van der Waals surface area contributed by atoms with Gasteiger partial charge in [-0.15, -0.1) is 10.2 Å². The molecule has 3 aromatic rings. The van der Waals surface area contributed by atoms with Gasteiger partial charge in [0.1, 0.15) is 6.04 Å². The average molecular weight is 408 g/mol. The van der Waals surface area contributed by atoms with E-state index in [4.69, 9.17) is 9.52 Å². The van der Waals surface area contributed by atoms with Gasteiger partial charge in [-0.25, -0.2) is 4.79 Å². The minimum atomic E-state index is -4.43. The lowest BCUT2D eigenvalue weighted by Crippen LogP contribution is -2.29. The van der Waals surface area contributed by atoms with Crippen LogP contribution in [0.5, 0.6) is 0 Å². The highest BCUT2D eigenvalue weighted by Crippen LogP contribution is 2.33. The summed E-state index contributed by atoms with van der Waals surface area (Å²) in [4.78, 5) is 10.8. The average Bonchev–Trinajstić information content (AvgIpc) is 3.16. The molecule has 0 aliphatic heterocycles. The fourth-order valence-electron chi connectivity index (χ4n) is 2.50. The van der Waals surface area contributed by atoms with Crippen LogP contribution in [0.2, 0.25) is 0 Å². The third-order valence-corrected chi connectivity index (χ3v) is 3.87. The lowest BCUT2D eigenvalue weighted by Gasteiger charge is -2.12. The molecular weight excluding hydrogens is 393 g/mol. The van der Waals surface area contributed by atoms with Gasteiger partial charge < -0.3 is 25.3 Å². The maximum Gasteiger partial charge on any atom is 0.416 e. The van der Waals surface area contributed by atoms with E-state index >= 15 is 0 Å². The Morgan fingerprint density at radius 1 is 1.10 bits per heavy atom. The number of hydrogen-bond donors (Lipinski definition) is 4. The fourth-order valence-corrected chi connectivity index (χ4v) is 2.50. The molecule has 0 radical (unpaired) electrons. The van der Waals surface area contributed by atoms with Crippen LogP contribution in [0.1, 0.15) is 17.5 Å². The molecule has 3 rings (SSSR count). The molecule has 0 aliphatic carbocycles. The molecule has 4 N–H and O–H groups in total. The Hall–Kier alpha value is -3.60. The minimum Gasteiger partial charge on any atom is -0.465 e. The van der Waals surface area contributed by atoms with Gasteiger partial charge in [0.25, 0.3) is 0 Å². The van der Waals surface area contributed by atoms with Crippen molar-refractivity contribution in [2.24, 2.45) is 0 Å². The molecule has 0 fully saturated rings. The first-order valence-corrected chi connectivity index (χ1v) is 8.25. The van der Waals surface area contributed by atoms with E-state index in [0.717, 1.165) is 12.1 Å². The lowest BCUT2D eigenvalue weighted by atomic mass is 10.1. The Morgan fingerprint density at radius 3 is 2.41 bits per heavy atom. The second-order valence-corrected chi connectivity index (χ2v) is 5.88. The number of carboxylic acid groups (broad SMARTS) is 1. The number of amides is 1. The van der Waals surface area contributed by atoms with Crippen molar-refractivity contribution in [3.8, 4) is 11.5 Å². The molecule has 8 nitrogen and oxygen atoms in total. The van der Waals surface area contributed by atoms with E-state index in [0.29, 0.717) is 16.9 Å². The Bertz CT molecular complexity index is 989. The predicted molar refractivity (Wildman–Crippen MR) is 95.4 cm³/mol. The largest absolute Gasteiger partial charge is 0.465 e. The molecule has 152 valence electrons. The van der Waals surface area contributed by atoms with Crippen LogP contribution in [0.25, 0.3) is 11.5 Å². The van der Waals surface area contributed by atoms with Crippen LogP contribution < -0.4 is 10.6 Å². The van der Waals surface area contributed by atoms with Crippen molar-refractivity contribution in [1.82, 2.24) is 15.5 Å². The topological polar surface area (TPSA) is 121 Å². The fraction of sp³-hybridized carbons (Fsp3) is 0.167. The zero-order valence-electron chi connectivity index (χ0n) is 14.6. The standard InChI is InChI=1S/C18H15F3N4O4/c19-18(20,21)10-5-7-11(8-6-10)22-13-4-2-1-3-12(13)15-24-25-16(29-15)14(9-26)23-17(27)28/h1-8,14,22-23,26H,9H2,(H,27,28). The minimum absolute atomic E-state index is 0.0423. The van der Waals surface area contributed by atoms with Crippen LogP contribution in [-0.2, 0) is 6.18 Å². The molecule has 0 saturated heterocycles. The third-order valence-electron chi connectivity index (χ3n) is 3.87. The molecule has 1 heterocycles. The van der Waals surface area contributed by atoms with Crippen molar-refractivity contribution in [2.75, 3.05) is 11.9 Å². The molecule has 0 aliphatic rings. The van der Waals surface area contributed by atoms with Crippen LogP contribution in [0.3, 0.4) is 0 Å². The van der Waals surface area contributed by atoms with Crippen LogP contribution in [0, 0.1) is 0 Å². The summed E-state index contributed by atoms with van der Waals surface area (Å²) in [5.74, 6) is -0.0881. The molecular formula is C18H15F3N4O4. The molecule has 1 unspecified atom stereocenters. The van der Waals surface area contributed by atoms with Crippen LogP contribution in [0.4, 0.5) is 29.3 Å². The molecule has 1 aromatic heterocycles. The molecule has 11 heteroatoms. The first-order valence-electron chi connectivity index (χ1n) is 8.25. The van der Waals surface area contributed by atoms with Gasteiger partial charge in [-0.1, -0.05) is 12.1 Å². The number of aliphatic hydroxyl groups is 1. The SMILES string of the molecule is O=C(O)NC(CO)c1nnc(-c2ccccc2Nc2ccc(C(F)(F)F)cc2)o1. The second kappa shape index (κ2) is 8.19. The summed E-state index contributed by atoms with van der Waals surface area (Å²) in [7, 11) is 0. The first kappa shape index (κ1) is 20.1. The van der Waals surface area contributed by atoms with E-state index in [1.165, 1.54) is 12.1 Å². The molecule has 1 amide bonds. The molecule has 0 bridgehead atoms. The number of nitrogens with zero attached hydrogens (tertiary/aromatic N) is 2. The Morgan fingerprint density at radius 2 is 1.79 bits per heavy atom. The first-order chi connectivity index (χ1) is 13.8. The molecule has 1 atom stereocenters. The highest BCUT2D eigenvalue weighted by atomic mass is 19.4. The van der Waals surface area contributed by atoms with Crippen molar-refractivity contribution in [3.05, 3.63) is 60.0 Å². The third kappa shape index (κ3) is 4.82. The second-order valence-electron chi connectivity index (χ2n) is 5.88. The van der Waals surface area contributed by atoms with E-state index in [9.17, 15) is 23.1 Å². The number of hydrogen-bond acceptors (Lipinski definition) is 6. The highest BCUT2D eigenvalue weighted by molar-refractivity contribution is 5.76. The van der Waals surface area contributed by atoms with Gasteiger partial charge in [0.15, 0.2) is 0 Å². The van der Waals surface area contributed by atoms with E-state index < -0.39 is 30.5 Å². The maximum atomic E-state index is 12.7. The number of alkyl halides is 3. The number of benzene rings is 2. The number of anilines is 2. The number of halogens is 3. The van der Waals surface area contributed by atoms with Gasteiger partial charge in [-0.05, 0) is 36.4 Å². The summed E-state index contributed by atoms with van der Waals surface area (Å²) >= 11 is 0. The number of para-hydroxylation sites is 1. The normalized spacial score (nSPS) is 12.4. The van der Waals surface area contributed by atoms with Crippen molar-refractivity contribution in [3.63, 3.8) is 0 Å². The maximum absolute atomic E-state index is 12.7. The Balaban J connectivity index is 1.85. The van der Waals surface area contributed by atoms with Gasteiger partial charge in [0, 0.05) is 5.69 Å². The number of aliphatic hydroxyl groups excluding tert-OH is 1. The number of aromatic nitrogens is 2. The van der Waals surface area contributed by atoms with E-state index in [1.54, 1.807) is 24.3 Å². The Kier molecular flexibility index (Phi) is 5.69. The van der Waals surface area contributed by atoms with E-state index in [2.05, 4.69) is 15.5 Å². The zero-order chi connectivity index (χ0) is 21.0.